The minimum absolute atomic E-state index is 0.108. The predicted molar refractivity (Wildman–Crippen MR) is 85.1 cm³/mol. The van der Waals surface area contributed by atoms with Crippen LogP contribution in [0.5, 0.6) is 5.75 Å². The third-order valence-electron chi connectivity index (χ3n) is 4.26. The Labute approximate surface area is 130 Å². The van der Waals surface area contributed by atoms with Crippen molar-refractivity contribution in [1.82, 2.24) is 10.3 Å². The molecular formula is C17H22N2O3. The number of carbonyl (C=O) groups is 1. The number of benzene rings is 1. The molecule has 22 heavy (non-hydrogen) atoms. The van der Waals surface area contributed by atoms with Gasteiger partial charge in [-0.2, -0.15) is 0 Å². The van der Waals surface area contributed by atoms with E-state index >= 15 is 0 Å². The summed E-state index contributed by atoms with van der Waals surface area (Å²) in [5.41, 5.74) is 2.28. The number of H-pyrrole nitrogens is 1. The van der Waals surface area contributed by atoms with Gasteiger partial charge in [-0.15, -0.1) is 0 Å². The number of nitrogens with one attached hydrogen (secondary N) is 2. The lowest BCUT2D eigenvalue weighted by Crippen LogP contribution is -2.35. The van der Waals surface area contributed by atoms with Gasteiger partial charge in [0, 0.05) is 42.8 Å². The van der Waals surface area contributed by atoms with Crippen LogP contribution in [0.3, 0.4) is 0 Å². The molecule has 5 nitrogen and oxygen atoms in total. The van der Waals surface area contributed by atoms with Crippen molar-refractivity contribution in [3.05, 3.63) is 30.0 Å². The molecule has 1 aromatic heterocycles. The van der Waals surface area contributed by atoms with Crippen LogP contribution < -0.4 is 10.1 Å². The van der Waals surface area contributed by atoms with Crippen LogP contribution in [-0.2, 0) is 16.0 Å². The maximum absolute atomic E-state index is 12.1. The van der Waals surface area contributed by atoms with Crippen LogP contribution in [0, 0.1) is 5.92 Å². The largest absolute Gasteiger partial charge is 0.497 e. The molecule has 0 aliphatic carbocycles. The van der Waals surface area contributed by atoms with Crippen LogP contribution in [-0.4, -0.2) is 37.8 Å². The van der Waals surface area contributed by atoms with E-state index in [2.05, 4.69) is 10.3 Å². The highest BCUT2D eigenvalue weighted by atomic mass is 16.5. The summed E-state index contributed by atoms with van der Waals surface area (Å²) in [5.74, 6) is 1.11. The minimum Gasteiger partial charge on any atom is -0.497 e. The number of hydrogen-bond acceptors (Lipinski definition) is 3. The zero-order chi connectivity index (χ0) is 15.4. The first kappa shape index (κ1) is 14.9. The SMILES string of the molecule is COc1ccc2[nH]cc(CCNC(=O)C3CCOCC3)c2c1. The van der Waals surface area contributed by atoms with Crippen molar-refractivity contribution in [3.63, 3.8) is 0 Å². The van der Waals surface area contributed by atoms with Crippen molar-refractivity contribution in [2.45, 2.75) is 19.3 Å². The average molecular weight is 302 g/mol. The molecule has 1 aromatic carbocycles. The Kier molecular flexibility index (Phi) is 4.63. The molecule has 0 radical (unpaired) electrons. The topological polar surface area (TPSA) is 63.3 Å². The van der Waals surface area contributed by atoms with Crippen molar-refractivity contribution in [1.29, 1.82) is 0 Å². The highest BCUT2D eigenvalue weighted by Gasteiger charge is 2.20. The predicted octanol–water partition coefficient (Wildman–Crippen LogP) is 2.26. The minimum atomic E-state index is 0.108. The third-order valence-corrected chi connectivity index (χ3v) is 4.26. The van der Waals surface area contributed by atoms with Crippen molar-refractivity contribution in [2.24, 2.45) is 5.92 Å². The lowest BCUT2D eigenvalue weighted by atomic mass is 9.99. The number of fused-ring (bicyclic) bond motifs is 1. The van der Waals surface area contributed by atoms with E-state index in [4.69, 9.17) is 9.47 Å². The zero-order valence-corrected chi connectivity index (χ0v) is 12.9. The number of hydrogen-bond donors (Lipinski definition) is 2. The van der Waals surface area contributed by atoms with Crippen molar-refractivity contribution >= 4 is 16.8 Å². The van der Waals surface area contributed by atoms with Gasteiger partial charge in [-0.3, -0.25) is 4.79 Å². The van der Waals surface area contributed by atoms with Gasteiger partial charge in [-0.25, -0.2) is 0 Å². The van der Waals surface area contributed by atoms with Gasteiger partial charge >= 0.3 is 0 Å². The Balaban J connectivity index is 1.58. The molecule has 1 aliphatic heterocycles. The number of carbonyl (C=O) groups excluding carboxylic acids is 1. The molecule has 1 fully saturated rings. The van der Waals surface area contributed by atoms with E-state index < -0.39 is 0 Å². The van der Waals surface area contributed by atoms with Gasteiger partial charge in [0.15, 0.2) is 0 Å². The van der Waals surface area contributed by atoms with Gasteiger partial charge < -0.3 is 19.8 Å². The summed E-state index contributed by atoms with van der Waals surface area (Å²) in [6, 6.07) is 5.98. The molecule has 0 atom stereocenters. The third kappa shape index (κ3) is 3.25. The molecule has 2 heterocycles. The molecule has 2 N–H and O–H groups in total. The van der Waals surface area contributed by atoms with E-state index in [1.165, 1.54) is 5.56 Å². The maximum atomic E-state index is 12.1. The monoisotopic (exact) mass is 302 g/mol. The molecule has 118 valence electrons. The Morgan fingerprint density at radius 1 is 1.41 bits per heavy atom. The molecule has 0 saturated carbocycles. The lowest BCUT2D eigenvalue weighted by Gasteiger charge is -2.21. The molecule has 1 aliphatic rings. The molecule has 0 bridgehead atoms. The number of ether oxygens (including phenoxy) is 2. The number of rotatable bonds is 5. The first-order valence-corrected chi connectivity index (χ1v) is 7.77. The van der Waals surface area contributed by atoms with Gasteiger partial charge in [-0.1, -0.05) is 0 Å². The van der Waals surface area contributed by atoms with Gasteiger partial charge in [0.1, 0.15) is 5.75 Å². The number of aromatic amines is 1. The van der Waals surface area contributed by atoms with Crippen molar-refractivity contribution < 1.29 is 14.3 Å². The van der Waals surface area contributed by atoms with E-state index in [9.17, 15) is 4.79 Å². The van der Waals surface area contributed by atoms with Gasteiger partial charge in [0.05, 0.1) is 7.11 Å². The first-order chi connectivity index (χ1) is 10.8. The van der Waals surface area contributed by atoms with E-state index in [1.54, 1.807) is 7.11 Å². The van der Waals surface area contributed by atoms with Crippen LogP contribution in [0.1, 0.15) is 18.4 Å². The number of methoxy groups -OCH3 is 1. The van der Waals surface area contributed by atoms with Gasteiger partial charge in [0.2, 0.25) is 5.91 Å². The first-order valence-electron chi connectivity index (χ1n) is 7.77. The van der Waals surface area contributed by atoms with Crippen LogP contribution >= 0.6 is 0 Å². The fourth-order valence-electron chi connectivity index (χ4n) is 2.92. The second kappa shape index (κ2) is 6.83. The Hall–Kier alpha value is -2.01. The highest BCUT2D eigenvalue weighted by molar-refractivity contribution is 5.84. The molecule has 5 heteroatoms. The summed E-state index contributed by atoms with van der Waals surface area (Å²) >= 11 is 0. The summed E-state index contributed by atoms with van der Waals surface area (Å²) < 4.78 is 10.6. The molecule has 2 aromatic rings. The second-order valence-electron chi connectivity index (χ2n) is 5.65. The fourth-order valence-corrected chi connectivity index (χ4v) is 2.92. The fraction of sp³-hybridized carbons (Fsp3) is 0.471. The Morgan fingerprint density at radius 2 is 2.23 bits per heavy atom. The second-order valence-corrected chi connectivity index (χ2v) is 5.65. The highest BCUT2D eigenvalue weighted by Crippen LogP contribution is 2.23. The normalized spacial score (nSPS) is 15.9. The van der Waals surface area contributed by atoms with Gasteiger partial charge in [0.25, 0.3) is 0 Å². The Bertz CT molecular complexity index is 644. The van der Waals surface area contributed by atoms with E-state index in [-0.39, 0.29) is 11.8 Å². The van der Waals surface area contributed by atoms with E-state index in [0.29, 0.717) is 19.8 Å². The smallest absolute Gasteiger partial charge is 0.223 e. The average Bonchev–Trinajstić information content (AvgIpc) is 2.98. The van der Waals surface area contributed by atoms with Crippen molar-refractivity contribution in [2.75, 3.05) is 26.9 Å². The molecular weight excluding hydrogens is 280 g/mol. The summed E-state index contributed by atoms with van der Waals surface area (Å²) in [7, 11) is 1.67. The molecule has 3 rings (SSSR count). The standard InChI is InChI=1S/C17H22N2O3/c1-21-14-2-3-16-15(10-14)13(11-19-16)4-7-18-17(20)12-5-8-22-9-6-12/h2-3,10-12,19H,4-9H2,1H3,(H,18,20). The molecule has 0 unspecified atom stereocenters. The molecule has 1 amide bonds. The number of aromatic nitrogens is 1. The van der Waals surface area contributed by atoms with Crippen molar-refractivity contribution in [3.8, 4) is 5.75 Å². The maximum Gasteiger partial charge on any atom is 0.223 e. The van der Waals surface area contributed by atoms with E-state index in [1.807, 2.05) is 24.4 Å². The number of amides is 1. The van der Waals surface area contributed by atoms with Crippen LogP contribution in [0.15, 0.2) is 24.4 Å². The summed E-state index contributed by atoms with van der Waals surface area (Å²) in [4.78, 5) is 15.4. The summed E-state index contributed by atoms with van der Waals surface area (Å²) in [6.07, 6.45) is 4.47. The Morgan fingerprint density at radius 3 is 3.00 bits per heavy atom. The van der Waals surface area contributed by atoms with Crippen LogP contribution in [0.2, 0.25) is 0 Å². The van der Waals surface area contributed by atoms with Crippen LogP contribution in [0.25, 0.3) is 10.9 Å². The quantitative estimate of drug-likeness (QED) is 0.890. The summed E-state index contributed by atoms with van der Waals surface area (Å²) in [6.45, 7) is 2.04. The zero-order valence-electron chi connectivity index (χ0n) is 12.9. The summed E-state index contributed by atoms with van der Waals surface area (Å²) in [5, 5.41) is 4.20. The van der Waals surface area contributed by atoms with E-state index in [0.717, 1.165) is 35.9 Å². The van der Waals surface area contributed by atoms with Gasteiger partial charge in [-0.05, 0) is 43.0 Å². The molecule has 0 spiro atoms. The lowest BCUT2D eigenvalue weighted by molar-refractivity contribution is -0.127. The molecule has 1 saturated heterocycles. The van der Waals surface area contributed by atoms with Crippen LogP contribution in [0.4, 0.5) is 0 Å².